The number of rotatable bonds is 5. The van der Waals surface area contributed by atoms with E-state index in [0.29, 0.717) is 25.4 Å². The summed E-state index contributed by atoms with van der Waals surface area (Å²) in [6.07, 6.45) is 0.701. The Balaban J connectivity index is 2.87. The van der Waals surface area contributed by atoms with Crippen molar-refractivity contribution in [2.75, 3.05) is 6.61 Å². The molecule has 3 N–H and O–H groups in total. The highest BCUT2D eigenvalue weighted by molar-refractivity contribution is 5.13. The molecule has 0 aliphatic heterocycles. The van der Waals surface area contributed by atoms with Gasteiger partial charge >= 0.3 is 0 Å². The molecule has 80 valence electrons. The molecule has 0 aliphatic carbocycles. The number of hydrogen-bond acceptors (Lipinski definition) is 4. The van der Waals surface area contributed by atoms with Crippen molar-refractivity contribution in [3.8, 4) is 0 Å². The molecule has 0 radical (unpaired) electrons. The quantitative estimate of drug-likeness (QED) is 0.710. The molecule has 0 aromatic carbocycles. The average molecular weight is 198 g/mol. The van der Waals surface area contributed by atoms with Crippen LogP contribution in [0.5, 0.6) is 0 Å². The third kappa shape index (κ3) is 2.30. The monoisotopic (exact) mass is 198 g/mol. The van der Waals surface area contributed by atoms with Crippen molar-refractivity contribution in [1.82, 2.24) is 15.0 Å². The fraction of sp³-hybridized carbons (Fsp3) is 0.778. The van der Waals surface area contributed by atoms with Gasteiger partial charge in [-0.2, -0.15) is 0 Å². The lowest BCUT2D eigenvalue weighted by atomic mass is 10.1. The molecule has 0 bridgehead atoms. The Morgan fingerprint density at radius 1 is 1.50 bits per heavy atom. The summed E-state index contributed by atoms with van der Waals surface area (Å²) in [6, 6.07) is 0. The zero-order chi connectivity index (χ0) is 10.6. The van der Waals surface area contributed by atoms with Gasteiger partial charge in [-0.1, -0.05) is 19.1 Å². The molecule has 0 atom stereocenters. The Hall–Kier alpha value is -0.940. The summed E-state index contributed by atoms with van der Waals surface area (Å²) in [4.78, 5) is 0. The Bertz CT molecular complexity index is 282. The van der Waals surface area contributed by atoms with Crippen LogP contribution >= 0.6 is 0 Å². The fourth-order valence-electron chi connectivity index (χ4n) is 1.52. The van der Waals surface area contributed by atoms with E-state index < -0.39 is 0 Å². The molecule has 1 rings (SSSR count). The third-order valence-corrected chi connectivity index (χ3v) is 2.12. The summed E-state index contributed by atoms with van der Waals surface area (Å²) in [5.41, 5.74) is 7.51. The molecule has 0 saturated carbocycles. The minimum Gasteiger partial charge on any atom is -0.396 e. The van der Waals surface area contributed by atoms with Crippen LogP contribution in [0.25, 0.3) is 0 Å². The Kier molecular flexibility index (Phi) is 4.03. The van der Waals surface area contributed by atoms with E-state index >= 15 is 0 Å². The predicted molar refractivity (Wildman–Crippen MR) is 53.7 cm³/mol. The Morgan fingerprint density at radius 2 is 2.21 bits per heavy atom. The third-order valence-electron chi connectivity index (χ3n) is 2.12. The first-order valence-corrected chi connectivity index (χ1v) is 4.93. The molecule has 1 aromatic rings. The predicted octanol–water partition coefficient (Wildman–Crippen LogP) is 0.243. The van der Waals surface area contributed by atoms with E-state index in [2.05, 4.69) is 24.2 Å². The summed E-state index contributed by atoms with van der Waals surface area (Å²) in [5, 5.41) is 16.8. The van der Waals surface area contributed by atoms with E-state index in [9.17, 15) is 0 Å². The number of aliphatic hydroxyl groups excluding tert-OH is 1. The zero-order valence-corrected chi connectivity index (χ0v) is 8.77. The topological polar surface area (TPSA) is 77.0 Å². The van der Waals surface area contributed by atoms with Crippen LogP contribution in [-0.4, -0.2) is 26.7 Å². The second-order valence-corrected chi connectivity index (χ2v) is 3.58. The average Bonchev–Trinajstić information content (AvgIpc) is 2.57. The Morgan fingerprint density at radius 3 is 2.71 bits per heavy atom. The summed E-state index contributed by atoms with van der Waals surface area (Å²) in [5.74, 6) is 0.363. The highest BCUT2D eigenvalue weighted by atomic mass is 16.3. The largest absolute Gasteiger partial charge is 0.396 e. The van der Waals surface area contributed by atoms with Crippen LogP contribution in [-0.2, 0) is 13.1 Å². The maximum absolute atomic E-state index is 8.73. The van der Waals surface area contributed by atoms with Gasteiger partial charge in [-0.05, 0) is 12.3 Å². The van der Waals surface area contributed by atoms with Crippen LogP contribution in [0, 0.1) is 0 Å². The minimum atomic E-state index is 0.176. The molecule has 5 heteroatoms. The summed E-state index contributed by atoms with van der Waals surface area (Å²) in [7, 11) is 0. The number of nitrogens with two attached hydrogens (primary N) is 1. The summed E-state index contributed by atoms with van der Waals surface area (Å²) < 4.78 is 1.84. The molecule has 0 saturated heterocycles. The van der Waals surface area contributed by atoms with Gasteiger partial charge in [0, 0.05) is 19.7 Å². The second kappa shape index (κ2) is 5.07. The van der Waals surface area contributed by atoms with Crippen molar-refractivity contribution in [2.45, 2.75) is 39.3 Å². The van der Waals surface area contributed by atoms with Crippen LogP contribution in [0.2, 0.25) is 0 Å². The molecule has 14 heavy (non-hydrogen) atoms. The first kappa shape index (κ1) is 11.1. The van der Waals surface area contributed by atoms with Gasteiger partial charge in [0.15, 0.2) is 0 Å². The number of aryl methyl sites for hydroxylation is 1. The summed E-state index contributed by atoms with van der Waals surface area (Å²) in [6.45, 7) is 5.49. The van der Waals surface area contributed by atoms with Crippen LogP contribution in [0.15, 0.2) is 0 Å². The summed E-state index contributed by atoms with van der Waals surface area (Å²) >= 11 is 0. The lowest BCUT2D eigenvalue weighted by molar-refractivity contribution is 0.275. The van der Waals surface area contributed by atoms with Gasteiger partial charge in [0.05, 0.1) is 11.4 Å². The van der Waals surface area contributed by atoms with E-state index in [0.717, 1.165) is 11.4 Å². The molecule has 1 aromatic heterocycles. The molecule has 1 heterocycles. The molecule has 5 nitrogen and oxygen atoms in total. The molecule has 0 unspecified atom stereocenters. The molecule has 0 fully saturated rings. The molecular formula is C9H18N4O. The van der Waals surface area contributed by atoms with Gasteiger partial charge in [0.1, 0.15) is 0 Å². The zero-order valence-electron chi connectivity index (χ0n) is 8.77. The van der Waals surface area contributed by atoms with Gasteiger partial charge in [-0.3, -0.25) is 0 Å². The maximum atomic E-state index is 8.73. The molecule has 0 spiro atoms. The molecule has 0 aliphatic rings. The lowest BCUT2D eigenvalue weighted by Crippen LogP contribution is -2.10. The number of nitrogens with zero attached hydrogens (tertiary/aromatic N) is 3. The van der Waals surface area contributed by atoms with Crippen molar-refractivity contribution < 1.29 is 5.11 Å². The maximum Gasteiger partial charge on any atom is 0.0997 e. The van der Waals surface area contributed by atoms with Gasteiger partial charge in [-0.25, -0.2) is 4.68 Å². The van der Waals surface area contributed by atoms with Crippen LogP contribution in [0.4, 0.5) is 0 Å². The molecule has 0 amide bonds. The lowest BCUT2D eigenvalue weighted by Gasteiger charge is -2.09. The first-order valence-electron chi connectivity index (χ1n) is 4.93. The first-order chi connectivity index (χ1) is 6.70. The fourth-order valence-corrected chi connectivity index (χ4v) is 1.52. The van der Waals surface area contributed by atoms with Crippen molar-refractivity contribution in [3.63, 3.8) is 0 Å². The normalized spacial score (nSPS) is 11.2. The van der Waals surface area contributed by atoms with E-state index in [1.807, 2.05) is 4.68 Å². The van der Waals surface area contributed by atoms with Gasteiger partial charge in [0.25, 0.3) is 0 Å². The highest BCUT2D eigenvalue weighted by Gasteiger charge is 2.14. The standard InChI is InChI=1S/C9H18N4O/c1-7(2)9-8(6-10)11-12-13(9)4-3-5-14/h7,14H,3-6,10H2,1-2H3. The smallest absolute Gasteiger partial charge is 0.0997 e. The van der Waals surface area contributed by atoms with Crippen LogP contribution in [0.1, 0.15) is 37.6 Å². The number of aromatic nitrogens is 3. The van der Waals surface area contributed by atoms with Crippen LogP contribution < -0.4 is 5.73 Å². The van der Waals surface area contributed by atoms with Gasteiger partial charge < -0.3 is 10.8 Å². The van der Waals surface area contributed by atoms with Crippen molar-refractivity contribution in [3.05, 3.63) is 11.4 Å². The van der Waals surface area contributed by atoms with E-state index in [4.69, 9.17) is 10.8 Å². The SMILES string of the molecule is CC(C)c1c(CN)nnn1CCCO. The van der Waals surface area contributed by atoms with Gasteiger partial charge in [0.2, 0.25) is 0 Å². The van der Waals surface area contributed by atoms with Gasteiger partial charge in [-0.15, -0.1) is 5.10 Å². The minimum absolute atomic E-state index is 0.176. The van der Waals surface area contributed by atoms with E-state index in [-0.39, 0.29) is 6.61 Å². The molecular weight excluding hydrogens is 180 g/mol. The Labute approximate surface area is 83.9 Å². The van der Waals surface area contributed by atoms with Crippen molar-refractivity contribution >= 4 is 0 Å². The van der Waals surface area contributed by atoms with Crippen molar-refractivity contribution in [2.24, 2.45) is 5.73 Å². The number of aliphatic hydroxyl groups is 1. The number of hydrogen-bond donors (Lipinski definition) is 2. The second-order valence-electron chi connectivity index (χ2n) is 3.58. The van der Waals surface area contributed by atoms with Crippen molar-refractivity contribution in [1.29, 1.82) is 0 Å². The van der Waals surface area contributed by atoms with E-state index in [1.165, 1.54) is 0 Å². The highest BCUT2D eigenvalue weighted by Crippen LogP contribution is 2.17. The van der Waals surface area contributed by atoms with E-state index in [1.54, 1.807) is 0 Å². The van der Waals surface area contributed by atoms with Crippen LogP contribution in [0.3, 0.4) is 0 Å².